The summed E-state index contributed by atoms with van der Waals surface area (Å²) in [5, 5.41) is 3.64. The molecule has 0 saturated heterocycles. The molecule has 1 unspecified atom stereocenters. The molecule has 0 spiro atoms. The Kier molecular flexibility index (Phi) is 7.25. The van der Waals surface area contributed by atoms with Gasteiger partial charge in [0.25, 0.3) is 0 Å². The SMILES string of the molecule is CCCNCC(C)(CCC)CN(CCC)C1CC1. The third-order valence-electron chi connectivity index (χ3n) is 3.99. The van der Waals surface area contributed by atoms with E-state index in [2.05, 4.69) is 37.9 Å². The maximum absolute atomic E-state index is 3.64. The Bertz CT molecular complexity index is 213. The minimum atomic E-state index is 0.460. The highest BCUT2D eigenvalue weighted by Crippen LogP contribution is 2.32. The van der Waals surface area contributed by atoms with Crippen LogP contribution in [0.25, 0.3) is 0 Å². The predicted octanol–water partition coefficient (Wildman–Crippen LogP) is 3.67. The first-order valence-corrected chi connectivity index (χ1v) is 8.10. The lowest BCUT2D eigenvalue weighted by atomic mass is 9.84. The fourth-order valence-corrected chi connectivity index (χ4v) is 3.00. The van der Waals surface area contributed by atoms with Gasteiger partial charge in [-0.1, -0.05) is 34.1 Å². The van der Waals surface area contributed by atoms with E-state index >= 15 is 0 Å². The zero-order valence-corrected chi connectivity index (χ0v) is 13.1. The van der Waals surface area contributed by atoms with Gasteiger partial charge in [0, 0.05) is 19.1 Å². The first kappa shape index (κ1) is 16.0. The molecule has 1 aliphatic rings. The molecule has 18 heavy (non-hydrogen) atoms. The number of nitrogens with zero attached hydrogens (tertiary/aromatic N) is 1. The Morgan fingerprint density at radius 1 is 1.11 bits per heavy atom. The molecule has 1 aliphatic carbocycles. The average Bonchev–Trinajstić information content (AvgIpc) is 3.13. The third kappa shape index (κ3) is 5.71. The molecule has 0 bridgehead atoms. The minimum Gasteiger partial charge on any atom is -0.316 e. The van der Waals surface area contributed by atoms with Gasteiger partial charge in [0.1, 0.15) is 0 Å². The minimum absolute atomic E-state index is 0.460. The summed E-state index contributed by atoms with van der Waals surface area (Å²) in [4.78, 5) is 2.75. The molecule has 0 heterocycles. The van der Waals surface area contributed by atoms with Crippen molar-refractivity contribution in [3.63, 3.8) is 0 Å². The van der Waals surface area contributed by atoms with Crippen molar-refractivity contribution in [2.75, 3.05) is 26.2 Å². The summed E-state index contributed by atoms with van der Waals surface area (Å²) in [6.45, 7) is 14.3. The maximum Gasteiger partial charge on any atom is 0.00966 e. The molecule has 0 aliphatic heterocycles. The molecule has 1 rings (SSSR count). The van der Waals surface area contributed by atoms with Crippen molar-refractivity contribution in [1.82, 2.24) is 10.2 Å². The summed E-state index contributed by atoms with van der Waals surface area (Å²) < 4.78 is 0. The second-order valence-corrected chi connectivity index (χ2v) is 6.44. The third-order valence-corrected chi connectivity index (χ3v) is 3.99. The van der Waals surface area contributed by atoms with E-state index in [4.69, 9.17) is 0 Å². The second-order valence-electron chi connectivity index (χ2n) is 6.44. The van der Waals surface area contributed by atoms with E-state index in [1.165, 1.54) is 58.2 Å². The lowest BCUT2D eigenvalue weighted by Gasteiger charge is -2.36. The molecule has 2 heteroatoms. The summed E-state index contributed by atoms with van der Waals surface area (Å²) >= 11 is 0. The van der Waals surface area contributed by atoms with Gasteiger partial charge >= 0.3 is 0 Å². The molecule has 1 N–H and O–H groups in total. The van der Waals surface area contributed by atoms with E-state index in [0.717, 1.165) is 12.6 Å². The van der Waals surface area contributed by atoms with Crippen LogP contribution in [0.1, 0.15) is 66.2 Å². The smallest absolute Gasteiger partial charge is 0.00966 e. The maximum atomic E-state index is 3.64. The molecule has 1 fully saturated rings. The van der Waals surface area contributed by atoms with Crippen molar-refractivity contribution in [3.8, 4) is 0 Å². The lowest BCUT2D eigenvalue weighted by Crippen LogP contribution is -2.43. The normalized spacial score (nSPS) is 19.2. The second kappa shape index (κ2) is 8.16. The van der Waals surface area contributed by atoms with Crippen LogP contribution in [-0.4, -0.2) is 37.1 Å². The predicted molar refractivity (Wildman–Crippen MR) is 81.1 cm³/mol. The molecule has 0 aromatic carbocycles. The van der Waals surface area contributed by atoms with Crippen molar-refractivity contribution in [3.05, 3.63) is 0 Å². The lowest BCUT2D eigenvalue weighted by molar-refractivity contribution is 0.143. The van der Waals surface area contributed by atoms with E-state index in [1.807, 2.05) is 0 Å². The largest absolute Gasteiger partial charge is 0.316 e. The van der Waals surface area contributed by atoms with Crippen LogP contribution in [0.5, 0.6) is 0 Å². The van der Waals surface area contributed by atoms with Gasteiger partial charge in [-0.05, 0) is 50.6 Å². The van der Waals surface area contributed by atoms with Crippen LogP contribution in [0, 0.1) is 5.41 Å². The topological polar surface area (TPSA) is 15.3 Å². The summed E-state index contributed by atoms with van der Waals surface area (Å²) in [5.41, 5.74) is 0.460. The summed E-state index contributed by atoms with van der Waals surface area (Å²) in [7, 11) is 0. The van der Waals surface area contributed by atoms with E-state index in [9.17, 15) is 0 Å². The number of rotatable bonds is 11. The van der Waals surface area contributed by atoms with Gasteiger partial charge in [-0.15, -0.1) is 0 Å². The summed E-state index contributed by atoms with van der Waals surface area (Å²) in [5.74, 6) is 0. The molecule has 1 atom stereocenters. The Hall–Kier alpha value is -0.0800. The van der Waals surface area contributed by atoms with E-state index < -0.39 is 0 Å². The average molecular weight is 254 g/mol. The van der Waals surface area contributed by atoms with Crippen molar-refractivity contribution >= 4 is 0 Å². The van der Waals surface area contributed by atoms with E-state index in [-0.39, 0.29) is 0 Å². The first-order valence-electron chi connectivity index (χ1n) is 8.10. The highest BCUT2D eigenvalue weighted by molar-refractivity contribution is 4.89. The molecular formula is C16H34N2. The van der Waals surface area contributed by atoms with Gasteiger partial charge in [-0.3, -0.25) is 4.90 Å². The molecule has 0 aromatic heterocycles. The Labute approximate surface area is 115 Å². The van der Waals surface area contributed by atoms with Crippen molar-refractivity contribution < 1.29 is 0 Å². The fourth-order valence-electron chi connectivity index (χ4n) is 3.00. The van der Waals surface area contributed by atoms with Crippen molar-refractivity contribution in [2.24, 2.45) is 5.41 Å². The Morgan fingerprint density at radius 3 is 2.33 bits per heavy atom. The van der Waals surface area contributed by atoms with Gasteiger partial charge in [-0.2, -0.15) is 0 Å². The fraction of sp³-hybridized carbons (Fsp3) is 1.00. The van der Waals surface area contributed by atoms with Crippen molar-refractivity contribution in [2.45, 2.75) is 72.3 Å². The van der Waals surface area contributed by atoms with Crippen LogP contribution in [0.15, 0.2) is 0 Å². The van der Waals surface area contributed by atoms with Crippen LogP contribution in [0.3, 0.4) is 0 Å². The van der Waals surface area contributed by atoms with Crippen LogP contribution >= 0.6 is 0 Å². The van der Waals surface area contributed by atoms with Gasteiger partial charge in [0.15, 0.2) is 0 Å². The Morgan fingerprint density at radius 2 is 1.83 bits per heavy atom. The molecule has 108 valence electrons. The Balaban J connectivity index is 2.46. The van der Waals surface area contributed by atoms with Gasteiger partial charge in [0.2, 0.25) is 0 Å². The van der Waals surface area contributed by atoms with Gasteiger partial charge in [-0.25, -0.2) is 0 Å². The molecule has 0 amide bonds. The monoisotopic (exact) mass is 254 g/mol. The van der Waals surface area contributed by atoms with Crippen LogP contribution in [-0.2, 0) is 0 Å². The number of nitrogens with one attached hydrogen (secondary N) is 1. The highest BCUT2D eigenvalue weighted by Gasteiger charge is 2.33. The van der Waals surface area contributed by atoms with Crippen LogP contribution in [0.2, 0.25) is 0 Å². The summed E-state index contributed by atoms with van der Waals surface area (Å²) in [6, 6.07) is 0.910. The molecule has 1 saturated carbocycles. The number of hydrogen-bond donors (Lipinski definition) is 1. The summed E-state index contributed by atoms with van der Waals surface area (Å²) in [6.07, 6.45) is 8.05. The zero-order chi connectivity index (χ0) is 13.4. The first-order chi connectivity index (χ1) is 8.65. The highest BCUT2D eigenvalue weighted by atomic mass is 15.2. The zero-order valence-electron chi connectivity index (χ0n) is 13.1. The quantitative estimate of drug-likeness (QED) is 0.566. The molecule has 2 nitrogen and oxygen atoms in total. The molecule has 0 aromatic rings. The number of hydrogen-bond acceptors (Lipinski definition) is 2. The molecule has 0 radical (unpaired) electrons. The van der Waals surface area contributed by atoms with Crippen LogP contribution in [0.4, 0.5) is 0 Å². The van der Waals surface area contributed by atoms with E-state index in [1.54, 1.807) is 0 Å². The van der Waals surface area contributed by atoms with Crippen LogP contribution < -0.4 is 5.32 Å². The standard InChI is InChI=1S/C16H34N2/c1-5-10-16(4,13-17-11-6-2)14-18(12-7-3)15-8-9-15/h15,17H,5-14H2,1-4H3. The van der Waals surface area contributed by atoms with E-state index in [0.29, 0.717) is 5.41 Å². The molecular weight excluding hydrogens is 220 g/mol. The van der Waals surface area contributed by atoms with Gasteiger partial charge < -0.3 is 5.32 Å². The van der Waals surface area contributed by atoms with Crippen molar-refractivity contribution in [1.29, 1.82) is 0 Å². The van der Waals surface area contributed by atoms with Gasteiger partial charge in [0.05, 0.1) is 0 Å².